The smallest absolute Gasteiger partial charge is 0.131 e. The number of benzene rings is 2. The summed E-state index contributed by atoms with van der Waals surface area (Å²) in [7, 11) is 4.07. The van der Waals surface area contributed by atoms with Gasteiger partial charge in [0.05, 0.1) is 11.4 Å². The monoisotopic (exact) mass is 315 g/mol. The molecule has 0 aliphatic carbocycles. The van der Waals surface area contributed by atoms with Gasteiger partial charge in [-0.2, -0.15) is 0 Å². The molecule has 0 aliphatic heterocycles. The van der Waals surface area contributed by atoms with Gasteiger partial charge in [-0.3, -0.25) is 0 Å². The number of likely N-dealkylation sites (N-methyl/N-ethyl adjacent to an activating group) is 1. The first-order chi connectivity index (χ1) is 10.9. The van der Waals surface area contributed by atoms with E-state index in [1.807, 2.05) is 38.4 Å². The third kappa shape index (κ3) is 4.53. The van der Waals surface area contributed by atoms with E-state index in [1.165, 1.54) is 0 Å². The second-order valence-electron chi connectivity index (χ2n) is 5.89. The van der Waals surface area contributed by atoms with E-state index in [9.17, 15) is 0 Å². The molecule has 0 amide bonds. The van der Waals surface area contributed by atoms with Crippen molar-refractivity contribution in [2.75, 3.05) is 25.6 Å². The number of anilines is 2. The van der Waals surface area contributed by atoms with Crippen molar-refractivity contribution in [1.82, 2.24) is 4.90 Å². The van der Waals surface area contributed by atoms with Crippen LogP contribution in [0.1, 0.15) is 13.8 Å². The van der Waals surface area contributed by atoms with Crippen molar-refractivity contribution in [2.45, 2.75) is 26.0 Å². The fraction of sp³-hybridized carbons (Fsp3) is 0.333. The van der Waals surface area contributed by atoms with Crippen molar-refractivity contribution >= 4 is 11.4 Å². The molecule has 5 heteroatoms. The molecule has 0 aliphatic rings. The van der Waals surface area contributed by atoms with Crippen LogP contribution in [-0.4, -0.2) is 31.1 Å². The molecular formula is C18H25N3O2. The summed E-state index contributed by atoms with van der Waals surface area (Å²) in [5, 5.41) is 0. The number of nitrogens with two attached hydrogens (primary N) is 2. The Morgan fingerprint density at radius 2 is 1.52 bits per heavy atom. The summed E-state index contributed by atoms with van der Waals surface area (Å²) in [6.45, 7) is 4.18. The molecule has 0 saturated carbocycles. The van der Waals surface area contributed by atoms with Gasteiger partial charge in [0.15, 0.2) is 0 Å². The zero-order valence-corrected chi connectivity index (χ0v) is 14.1. The molecule has 0 heterocycles. The molecule has 0 aromatic heterocycles. The second kappa shape index (κ2) is 7.24. The minimum absolute atomic E-state index is 0.0624. The lowest BCUT2D eigenvalue weighted by Gasteiger charge is -2.27. The molecule has 0 saturated heterocycles. The van der Waals surface area contributed by atoms with Crippen LogP contribution in [0.15, 0.2) is 42.5 Å². The molecular weight excluding hydrogens is 290 g/mol. The summed E-state index contributed by atoms with van der Waals surface area (Å²) >= 11 is 0. The quantitative estimate of drug-likeness (QED) is 0.800. The summed E-state index contributed by atoms with van der Waals surface area (Å²) in [4.78, 5) is 2.13. The van der Waals surface area contributed by atoms with Crippen LogP contribution in [0.4, 0.5) is 11.4 Å². The SMILES string of the molecule is CC(Oc1cccc(Oc2ccc(N)c(N)c2)c1)C(C)N(C)C. The van der Waals surface area contributed by atoms with Gasteiger partial charge in [-0.25, -0.2) is 0 Å². The van der Waals surface area contributed by atoms with Crippen LogP contribution in [0.2, 0.25) is 0 Å². The fourth-order valence-corrected chi connectivity index (χ4v) is 2.10. The first-order valence-corrected chi connectivity index (χ1v) is 7.63. The Balaban J connectivity index is 2.09. The highest BCUT2D eigenvalue weighted by molar-refractivity contribution is 5.65. The molecule has 0 bridgehead atoms. The van der Waals surface area contributed by atoms with E-state index in [4.69, 9.17) is 20.9 Å². The Morgan fingerprint density at radius 3 is 2.17 bits per heavy atom. The van der Waals surface area contributed by atoms with Crippen LogP contribution < -0.4 is 20.9 Å². The highest BCUT2D eigenvalue weighted by Gasteiger charge is 2.16. The van der Waals surface area contributed by atoms with Crippen molar-refractivity contribution < 1.29 is 9.47 Å². The van der Waals surface area contributed by atoms with Gasteiger partial charge < -0.3 is 25.8 Å². The van der Waals surface area contributed by atoms with Crippen LogP contribution >= 0.6 is 0 Å². The van der Waals surface area contributed by atoms with Gasteiger partial charge in [-0.15, -0.1) is 0 Å². The van der Waals surface area contributed by atoms with Gasteiger partial charge in [0, 0.05) is 18.2 Å². The normalized spacial score (nSPS) is 13.6. The predicted molar refractivity (Wildman–Crippen MR) is 95.0 cm³/mol. The van der Waals surface area contributed by atoms with Gasteiger partial charge in [0.1, 0.15) is 23.4 Å². The molecule has 23 heavy (non-hydrogen) atoms. The van der Waals surface area contributed by atoms with Crippen molar-refractivity contribution in [3.63, 3.8) is 0 Å². The number of nitrogen functional groups attached to an aromatic ring is 2. The minimum atomic E-state index is 0.0624. The minimum Gasteiger partial charge on any atom is -0.489 e. The van der Waals surface area contributed by atoms with Gasteiger partial charge in [0.25, 0.3) is 0 Å². The second-order valence-corrected chi connectivity index (χ2v) is 5.89. The Bertz CT molecular complexity index is 658. The molecule has 2 rings (SSSR count). The first kappa shape index (κ1) is 17.0. The van der Waals surface area contributed by atoms with Crippen LogP contribution in [0.3, 0.4) is 0 Å². The van der Waals surface area contributed by atoms with E-state index >= 15 is 0 Å². The molecule has 124 valence electrons. The van der Waals surface area contributed by atoms with E-state index in [0.717, 1.165) is 5.75 Å². The molecule has 0 radical (unpaired) electrons. The number of nitrogens with zero attached hydrogens (tertiary/aromatic N) is 1. The Hall–Kier alpha value is -2.40. The molecule has 0 spiro atoms. The van der Waals surface area contributed by atoms with E-state index in [2.05, 4.69) is 18.7 Å². The predicted octanol–water partition coefficient (Wildman–Crippen LogP) is 3.36. The summed E-state index contributed by atoms with van der Waals surface area (Å²) < 4.78 is 11.8. The maximum atomic E-state index is 5.99. The van der Waals surface area contributed by atoms with Crippen LogP contribution in [0.5, 0.6) is 17.2 Å². The molecule has 2 unspecified atom stereocenters. The van der Waals surface area contributed by atoms with Crippen molar-refractivity contribution in [2.24, 2.45) is 0 Å². The van der Waals surface area contributed by atoms with E-state index < -0.39 is 0 Å². The lowest BCUT2D eigenvalue weighted by atomic mass is 10.2. The molecule has 2 atom stereocenters. The average Bonchev–Trinajstić information content (AvgIpc) is 2.50. The van der Waals surface area contributed by atoms with E-state index in [1.54, 1.807) is 18.2 Å². The van der Waals surface area contributed by atoms with Gasteiger partial charge in [0.2, 0.25) is 0 Å². The molecule has 2 aromatic carbocycles. The first-order valence-electron chi connectivity index (χ1n) is 7.63. The number of hydrogen-bond acceptors (Lipinski definition) is 5. The lowest BCUT2D eigenvalue weighted by Crippen LogP contribution is -2.37. The van der Waals surface area contributed by atoms with Crippen LogP contribution in [0, 0.1) is 0 Å². The Labute approximate surface area is 137 Å². The summed E-state index contributed by atoms with van der Waals surface area (Å²) in [5.74, 6) is 2.10. The summed E-state index contributed by atoms with van der Waals surface area (Å²) in [5.41, 5.74) is 12.6. The molecule has 4 N–H and O–H groups in total. The standard InChI is InChI=1S/C18H25N3O2/c1-12(21(3)4)13(2)22-14-6-5-7-15(10-14)23-16-8-9-17(19)18(20)11-16/h5-13H,19-20H2,1-4H3. The third-order valence-electron chi connectivity index (χ3n) is 3.92. The zero-order chi connectivity index (χ0) is 17.0. The molecule has 5 nitrogen and oxygen atoms in total. The van der Waals surface area contributed by atoms with Gasteiger partial charge in [-0.1, -0.05) is 6.07 Å². The van der Waals surface area contributed by atoms with Crippen LogP contribution in [-0.2, 0) is 0 Å². The number of rotatable bonds is 6. The lowest BCUT2D eigenvalue weighted by molar-refractivity contribution is 0.121. The van der Waals surface area contributed by atoms with Crippen LogP contribution in [0.25, 0.3) is 0 Å². The van der Waals surface area contributed by atoms with Gasteiger partial charge >= 0.3 is 0 Å². The van der Waals surface area contributed by atoms with Crippen molar-refractivity contribution in [1.29, 1.82) is 0 Å². The largest absolute Gasteiger partial charge is 0.489 e. The summed E-state index contributed by atoms with van der Waals surface area (Å²) in [6.07, 6.45) is 0.0624. The molecule has 2 aromatic rings. The highest BCUT2D eigenvalue weighted by atomic mass is 16.5. The van der Waals surface area contributed by atoms with Gasteiger partial charge in [-0.05, 0) is 52.2 Å². The molecule has 0 fully saturated rings. The van der Waals surface area contributed by atoms with Crippen molar-refractivity contribution in [3.8, 4) is 17.2 Å². The number of hydrogen-bond donors (Lipinski definition) is 2. The highest BCUT2D eigenvalue weighted by Crippen LogP contribution is 2.29. The Morgan fingerprint density at radius 1 is 0.870 bits per heavy atom. The average molecular weight is 315 g/mol. The fourth-order valence-electron chi connectivity index (χ4n) is 2.10. The third-order valence-corrected chi connectivity index (χ3v) is 3.92. The summed E-state index contributed by atoms with van der Waals surface area (Å²) in [6, 6.07) is 13.1. The van der Waals surface area contributed by atoms with Crippen molar-refractivity contribution in [3.05, 3.63) is 42.5 Å². The topological polar surface area (TPSA) is 73.7 Å². The zero-order valence-electron chi connectivity index (χ0n) is 14.1. The van der Waals surface area contributed by atoms with E-state index in [-0.39, 0.29) is 6.10 Å². The maximum Gasteiger partial charge on any atom is 0.131 e. The Kier molecular flexibility index (Phi) is 5.34. The maximum absolute atomic E-state index is 5.99. The van der Waals surface area contributed by atoms with E-state index in [0.29, 0.717) is 28.9 Å². The number of ether oxygens (including phenoxy) is 2.